The number of rotatable bonds is 12. The van der Waals surface area contributed by atoms with E-state index in [1.54, 1.807) is 13.0 Å². The van der Waals surface area contributed by atoms with Gasteiger partial charge in [0.1, 0.15) is 15.4 Å². The van der Waals surface area contributed by atoms with E-state index < -0.39 is 44.1 Å². The second-order valence-corrected chi connectivity index (χ2v) is 11.4. The Morgan fingerprint density at radius 2 is 1.79 bits per heavy atom. The summed E-state index contributed by atoms with van der Waals surface area (Å²) < 4.78 is 35.7. The second kappa shape index (κ2) is 12.8. The smallest absolute Gasteiger partial charge is 0.284 e. The van der Waals surface area contributed by atoms with Crippen LogP contribution in [0.3, 0.4) is 0 Å². The van der Waals surface area contributed by atoms with Gasteiger partial charge in [0.2, 0.25) is 0 Å². The molecule has 0 saturated heterocycles. The third-order valence-corrected chi connectivity index (χ3v) is 7.15. The van der Waals surface area contributed by atoms with Crippen molar-refractivity contribution in [3.63, 3.8) is 0 Å². The summed E-state index contributed by atoms with van der Waals surface area (Å²) in [5, 5.41) is 11.9. The average molecular weight is 557 g/mol. The summed E-state index contributed by atoms with van der Waals surface area (Å²) in [4.78, 5) is 39.1. The van der Waals surface area contributed by atoms with Crippen molar-refractivity contribution in [1.82, 2.24) is 4.90 Å². The quantitative estimate of drug-likeness (QED) is 0.121. The standard InChI is InChI=1S/C28H32N2O8S/c1-5-7-8-9-10-11-12-19-15-21-26(22(16-19)30(33)34)28(32)29(27(21)31)23(18-39(4,35)36)20-13-14-24(37-3)25(17-20)38-6-2/h13-17,23H,5-10,18H2,1-4H3/t23-/m1/s1. The Hall–Kier alpha value is -3.91. The molecule has 0 N–H and O–H groups in total. The highest BCUT2D eigenvalue weighted by Gasteiger charge is 2.46. The molecule has 11 heteroatoms. The van der Waals surface area contributed by atoms with Crippen LogP contribution in [0.1, 0.15) is 83.8 Å². The van der Waals surface area contributed by atoms with Gasteiger partial charge in [0.05, 0.1) is 36.0 Å². The Labute approximate surface area is 228 Å². The van der Waals surface area contributed by atoms with Gasteiger partial charge < -0.3 is 9.47 Å². The van der Waals surface area contributed by atoms with Gasteiger partial charge in [0.15, 0.2) is 11.5 Å². The summed E-state index contributed by atoms with van der Waals surface area (Å²) in [7, 11) is -2.27. The number of nitro groups is 1. The minimum Gasteiger partial charge on any atom is -0.493 e. The van der Waals surface area contributed by atoms with Gasteiger partial charge in [-0.15, -0.1) is 0 Å². The fourth-order valence-corrected chi connectivity index (χ4v) is 5.36. The molecule has 0 aromatic heterocycles. The lowest BCUT2D eigenvalue weighted by atomic mass is 10.0. The molecule has 0 fully saturated rings. The number of methoxy groups -OCH3 is 1. The van der Waals surface area contributed by atoms with Crippen molar-refractivity contribution in [2.45, 2.75) is 52.0 Å². The maximum Gasteiger partial charge on any atom is 0.284 e. The van der Waals surface area contributed by atoms with E-state index in [0.717, 1.165) is 36.8 Å². The zero-order chi connectivity index (χ0) is 28.7. The highest BCUT2D eigenvalue weighted by molar-refractivity contribution is 7.90. The fourth-order valence-electron chi connectivity index (χ4n) is 4.44. The summed E-state index contributed by atoms with van der Waals surface area (Å²) in [6, 6.07) is 5.86. The zero-order valence-corrected chi connectivity index (χ0v) is 23.3. The van der Waals surface area contributed by atoms with Crippen LogP contribution in [0.2, 0.25) is 0 Å². The van der Waals surface area contributed by atoms with E-state index >= 15 is 0 Å². The molecule has 0 saturated carbocycles. The summed E-state index contributed by atoms with van der Waals surface area (Å²) >= 11 is 0. The molecule has 2 aromatic carbocycles. The summed E-state index contributed by atoms with van der Waals surface area (Å²) in [5.41, 5.74) is -0.570. The number of imide groups is 1. The van der Waals surface area contributed by atoms with Crippen LogP contribution in [0, 0.1) is 22.0 Å². The molecular weight excluding hydrogens is 524 g/mol. The lowest BCUT2D eigenvalue weighted by molar-refractivity contribution is -0.385. The highest BCUT2D eigenvalue weighted by atomic mass is 32.2. The molecule has 2 aromatic rings. The Morgan fingerprint density at radius 1 is 1.05 bits per heavy atom. The SMILES string of the molecule is CCCCCCC#Cc1cc2c(c([N+](=O)[O-])c1)C(=O)N([C@H](CS(C)(=O)=O)c1ccc(OC)c(OCC)c1)C2=O. The monoisotopic (exact) mass is 556 g/mol. The van der Waals surface area contributed by atoms with Crippen LogP contribution < -0.4 is 9.47 Å². The van der Waals surface area contributed by atoms with E-state index in [2.05, 4.69) is 18.8 Å². The predicted octanol–water partition coefficient (Wildman–Crippen LogP) is 4.71. The van der Waals surface area contributed by atoms with Crippen molar-refractivity contribution < 1.29 is 32.4 Å². The molecule has 0 unspecified atom stereocenters. The van der Waals surface area contributed by atoms with E-state index in [9.17, 15) is 28.1 Å². The van der Waals surface area contributed by atoms with Gasteiger partial charge in [-0.1, -0.05) is 44.1 Å². The average Bonchev–Trinajstić information content (AvgIpc) is 3.13. The van der Waals surface area contributed by atoms with Crippen molar-refractivity contribution in [2.75, 3.05) is 25.7 Å². The predicted molar refractivity (Wildman–Crippen MR) is 146 cm³/mol. The van der Waals surface area contributed by atoms with Crippen molar-refractivity contribution in [3.05, 3.63) is 62.7 Å². The maximum absolute atomic E-state index is 13.6. The summed E-state index contributed by atoms with van der Waals surface area (Å²) in [6.45, 7) is 4.15. The number of unbranched alkanes of at least 4 members (excludes halogenated alkanes) is 4. The first-order chi connectivity index (χ1) is 18.5. The molecule has 1 atom stereocenters. The normalized spacial score (nSPS) is 13.5. The molecule has 0 aliphatic carbocycles. The number of carbonyl (C=O) groups excluding carboxylic acids is 2. The number of nitro benzene ring substituents is 1. The fraction of sp³-hybridized carbons (Fsp3) is 0.429. The number of ether oxygens (including phenoxy) is 2. The molecule has 208 valence electrons. The third-order valence-electron chi connectivity index (χ3n) is 6.23. The van der Waals surface area contributed by atoms with Crippen LogP contribution in [-0.2, 0) is 9.84 Å². The number of hydrogen-bond acceptors (Lipinski definition) is 8. The van der Waals surface area contributed by atoms with Crippen molar-refractivity contribution in [3.8, 4) is 23.3 Å². The number of amides is 2. The number of carbonyl (C=O) groups is 2. The van der Waals surface area contributed by atoms with Crippen molar-refractivity contribution >= 4 is 27.3 Å². The molecule has 1 aliphatic heterocycles. The summed E-state index contributed by atoms with van der Waals surface area (Å²) in [5.74, 6) is 4.17. The molecule has 39 heavy (non-hydrogen) atoms. The molecule has 1 aliphatic rings. The van der Waals surface area contributed by atoms with Crippen molar-refractivity contribution in [2.24, 2.45) is 0 Å². The molecule has 0 bridgehead atoms. The molecule has 1 heterocycles. The number of sulfone groups is 1. The molecular formula is C28H32N2O8S. The van der Waals surface area contributed by atoms with Crippen LogP contribution >= 0.6 is 0 Å². The first-order valence-corrected chi connectivity index (χ1v) is 14.8. The molecule has 3 rings (SSSR count). The van der Waals surface area contributed by atoms with Gasteiger partial charge in [0, 0.05) is 24.3 Å². The van der Waals surface area contributed by atoms with Gasteiger partial charge in [-0.25, -0.2) is 8.42 Å². The topological polar surface area (TPSA) is 133 Å². The van der Waals surface area contributed by atoms with E-state index in [-0.39, 0.29) is 23.3 Å². The highest BCUT2D eigenvalue weighted by Crippen LogP contribution is 2.39. The van der Waals surface area contributed by atoms with Gasteiger partial charge >= 0.3 is 0 Å². The van der Waals surface area contributed by atoms with Crippen LogP contribution in [0.4, 0.5) is 5.69 Å². The van der Waals surface area contributed by atoms with Crippen LogP contribution in [0.5, 0.6) is 11.5 Å². The Balaban J connectivity index is 2.08. The molecule has 0 radical (unpaired) electrons. The Kier molecular flexibility index (Phi) is 9.70. The van der Waals surface area contributed by atoms with E-state index in [0.29, 0.717) is 23.5 Å². The number of nitrogens with zero attached hydrogens (tertiary/aromatic N) is 2. The third kappa shape index (κ3) is 6.95. The first-order valence-electron chi connectivity index (χ1n) is 12.7. The zero-order valence-electron chi connectivity index (χ0n) is 22.5. The van der Waals surface area contributed by atoms with E-state index in [1.165, 1.54) is 31.4 Å². The second-order valence-electron chi connectivity index (χ2n) is 9.22. The van der Waals surface area contributed by atoms with Gasteiger partial charge in [-0.3, -0.25) is 24.6 Å². The first kappa shape index (κ1) is 29.6. The van der Waals surface area contributed by atoms with Crippen LogP contribution in [-0.4, -0.2) is 55.8 Å². The van der Waals surface area contributed by atoms with Crippen molar-refractivity contribution in [1.29, 1.82) is 0 Å². The largest absolute Gasteiger partial charge is 0.493 e. The van der Waals surface area contributed by atoms with Crippen LogP contribution in [0.15, 0.2) is 30.3 Å². The Morgan fingerprint density at radius 3 is 2.41 bits per heavy atom. The lowest BCUT2D eigenvalue weighted by Crippen LogP contribution is -2.37. The molecule has 2 amide bonds. The van der Waals surface area contributed by atoms with Gasteiger partial charge in [-0.05, 0) is 37.1 Å². The molecule has 10 nitrogen and oxygen atoms in total. The number of benzene rings is 2. The van der Waals surface area contributed by atoms with E-state index in [4.69, 9.17) is 9.47 Å². The summed E-state index contributed by atoms with van der Waals surface area (Å²) in [6.07, 6.45) is 5.67. The number of hydrogen-bond donors (Lipinski definition) is 0. The Bertz CT molecular complexity index is 1440. The maximum atomic E-state index is 13.6. The van der Waals surface area contributed by atoms with E-state index in [1.807, 2.05) is 0 Å². The minimum atomic E-state index is -3.71. The minimum absolute atomic E-state index is 0.179. The van der Waals surface area contributed by atoms with Gasteiger partial charge in [-0.2, -0.15) is 0 Å². The molecule has 0 spiro atoms. The lowest BCUT2D eigenvalue weighted by Gasteiger charge is -2.26. The van der Waals surface area contributed by atoms with Crippen LogP contribution in [0.25, 0.3) is 0 Å². The number of fused-ring (bicyclic) bond motifs is 1. The van der Waals surface area contributed by atoms with Gasteiger partial charge in [0.25, 0.3) is 17.5 Å².